The van der Waals surface area contributed by atoms with Gasteiger partial charge in [0, 0.05) is 5.92 Å². The molecule has 2 aromatic rings. The minimum absolute atomic E-state index is 0.209. The number of rotatable bonds is 9. The maximum atomic E-state index is 6.09. The van der Waals surface area contributed by atoms with Crippen molar-refractivity contribution < 1.29 is 14.2 Å². The Morgan fingerprint density at radius 3 is 2.36 bits per heavy atom. The van der Waals surface area contributed by atoms with E-state index in [-0.39, 0.29) is 5.92 Å². The summed E-state index contributed by atoms with van der Waals surface area (Å²) in [6.07, 6.45) is 0.804. The van der Waals surface area contributed by atoms with Crippen LogP contribution in [0.1, 0.15) is 36.5 Å². The molecule has 0 fully saturated rings. The quantitative estimate of drug-likeness (QED) is 0.745. The lowest BCUT2D eigenvalue weighted by Gasteiger charge is -2.20. The molecule has 2 rings (SSSR count). The molecular formula is C21H29NO3. The highest BCUT2D eigenvalue weighted by molar-refractivity contribution is 5.48. The molecule has 2 aromatic carbocycles. The summed E-state index contributed by atoms with van der Waals surface area (Å²) in [6, 6.07) is 12.3. The number of aryl methyl sites for hydroxylation is 1. The van der Waals surface area contributed by atoms with Crippen LogP contribution in [0.2, 0.25) is 0 Å². The standard InChI is InChI=1S/C21H29NO3/c1-5-24-20-9-7-8-17(21(20)25-6-2)13-18(14-22)16-10-11-19(23-4)15(3)12-16/h7-12,18H,5-6,13-14,22H2,1-4H3. The summed E-state index contributed by atoms with van der Waals surface area (Å²) < 4.78 is 17.0. The molecule has 4 nitrogen and oxygen atoms in total. The zero-order valence-electron chi connectivity index (χ0n) is 15.7. The summed E-state index contributed by atoms with van der Waals surface area (Å²) in [7, 11) is 1.69. The topological polar surface area (TPSA) is 53.7 Å². The summed E-state index contributed by atoms with van der Waals surface area (Å²) in [5.41, 5.74) is 9.54. The zero-order valence-corrected chi connectivity index (χ0v) is 15.7. The van der Waals surface area contributed by atoms with Crippen LogP contribution in [0.5, 0.6) is 17.2 Å². The molecule has 0 spiro atoms. The second kappa shape index (κ2) is 9.33. The van der Waals surface area contributed by atoms with Crippen molar-refractivity contribution in [2.75, 3.05) is 26.9 Å². The fourth-order valence-corrected chi connectivity index (χ4v) is 3.06. The van der Waals surface area contributed by atoms with Crippen LogP contribution in [0.25, 0.3) is 0 Å². The fraction of sp³-hybridized carbons (Fsp3) is 0.429. The van der Waals surface area contributed by atoms with Gasteiger partial charge in [0.15, 0.2) is 11.5 Å². The summed E-state index contributed by atoms with van der Waals surface area (Å²) >= 11 is 0. The van der Waals surface area contributed by atoms with Gasteiger partial charge in [-0.2, -0.15) is 0 Å². The molecule has 0 bridgehead atoms. The van der Waals surface area contributed by atoms with Crippen LogP contribution in [0.15, 0.2) is 36.4 Å². The third-order valence-electron chi connectivity index (χ3n) is 4.29. The van der Waals surface area contributed by atoms with E-state index in [4.69, 9.17) is 19.9 Å². The molecule has 0 aromatic heterocycles. The zero-order chi connectivity index (χ0) is 18.2. The number of hydrogen-bond acceptors (Lipinski definition) is 4. The number of methoxy groups -OCH3 is 1. The summed E-state index contributed by atoms with van der Waals surface area (Å²) in [5, 5.41) is 0. The molecular weight excluding hydrogens is 314 g/mol. The van der Waals surface area contributed by atoms with E-state index in [1.807, 2.05) is 32.0 Å². The van der Waals surface area contributed by atoms with Crippen molar-refractivity contribution in [3.63, 3.8) is 0 Å². The van der Waals surface area contributed by atoms with E-state index in [0.29, 0.717) is 19.8 Å². The van der Waals surface area contributed by atoms with Gasteiger partial charge in [-0.15, -0.1) is 0 Å². The molecule has 0 amide bonds. The normalized spacial score (nSPS) is 11.9. The van der Waals surface area contributed by atoms with Crippen molar-refractivity contribution in [2.45, 2.75) is 33.1 Å². The van der Waals surface area contributed by atoms with Gasteiger partial charge in [-0.25, -0.2) is 0 Å². The predicted octanol–water partition coefficient (Wildman–Crippen LogP) is 4.09. The van der Waals surface area contributed by atoms with E-state index in [1.165, 1.54) is 5.56 Å². The van der Waals surface area contributed by atoms with Crippen molar-refractivity contribution >= 4 is 0 Å². The molecule has 0 saturated heterocycles. The second-order valence-electron chi connectivity index (χ2n) is 5.98. The van der Waals surface area contributed by atoms with E-state index >= 15 is 0 Å². The monoisotopic (exact) mass is 343 g/mol. The van der Waals surface area contributed by atoms with Gasteiger partial charge < -0.3 is 19.9 Å². The molecule has 0 aliphatic heterocycles. The van der Waals surface area contributed by atoms with E-state index in [2.05, 4.69) is 25.1 Å². The van der Waals surface area contributed by atoms with Crippen molar-refractivity contribution in [2.24, 2.45) is 5.73 Å². The van der Waals surface area contributed by atoms with Crippen molar-refractivity contribution in [1.29, 1.82) is 0 Å². The maximum Gasteiger partial charge on any atom is 0.164 e. The van der Waals surface area contributed by atoms with Crippen LogP contribution in [0, 0.1) is 6.92 Å². The number of para-hydroxylation sites is 1. The molecule has 0 heterocycles. The van der Waals surface area contributed by atoms with Crippen LogP contribution in [0.4, 0.5) is 0 Å². The van der Waals surface area contributed by atoms with Crippen LogP contribution in [-0.4, -0.2) is 26.9 Å². The minimum Gasteiger partial charge on any atom is -0.496 e. The minimum atomic E-state index is 0.209. The van der Waals surface area contributed by atoms with Crippen molar-refractivity contribution in [1.82, 2.24) is 0 Å². The lowest BCUT2D eigenvalue weighted by Crippen LogP contribution is -2.16. The third-order valence-corrected chi connectivity index (χ3v) is 4.29. The summed E-state index contributed by atoms with van der Waals surface area (Å²) in [6.45, 7) is 7.80. The Hall–Kier alpha value is -2.20. The van der Waals surface area contributed by atoms with Gasteiger partial charge in [0.2, 0.25) is 0 Å². The lowest BCUT2D eigenvalue weighted by atomic mass is 9.90. The SMILES string of the molecule is CCOc1cccc(CC(CN)c2ccc(OC)c(C)c2)c1OCC. The van der Waals surface area contributed by atoms with E-state index < -0.39 is 0 Å². The molecule has 0 saturated carbocycles. The Bertz CT molecular complexity index is 685. The van der Waals surface area contributed by atoms with Crippen LogP contribution in [-0.2, 0) is 6.42 Å². The predicted molar refractivity (Wildman–Crippen MR) is 102 cm³/mol. The van der Waals surface area contributed by atoms with Gasteiger partial charge in [-0.3, -0.25) is 0 Å². The summed E-state index contributed by atoms with van der Waals surface area (Å²) in [4.78, 5) is 0. The first-order valence-electron chi connectivity index (χ1n) is 8.86. The Balaban J connectivity index is 2.32. The van der Waals surface area contributed by atoms with Crippen LogP contribution < -0.4 is 19.9 Å². The molecule has 2 N–H and O–H groups in total. The number of ether oxygens (including phenoxy) is 3. The highest BCUT2D eigenvalue weighted by Gasteiger charge is 2.17. The Morgan fingerprint density at radius 2 is 1.76 bits per heavy atom. The first kappa shape index (κ1) is 19.1. The fourth-order valence-electron chi connectivity index (χ4n) is 3.06. The largest absolute Gasteiger partial charge is 0.496 e. The lowest BCUT2D eigenvalue weighted by molar-refractivity contribution is 0.285. The molecule has 136 valence electrons. The molecule has 25 heavy (non-hydrogen) atoms. The number of benzene rings is 2. The van der Waals surface area contributed by atoms with E-state index in [9.17, 15) is 0 Å². The van der Waals surface area contributed by atoms with Gasteiger partial charge >= 0.3 is 0 Å². The van der Waals surface area contributed by atoms with Crippen LogP contribution in [0.3, 0.4) is 0 Å². The molecule has 0 aliphatic carbocycles. The van der Waals surface area contributed by atoms with Gasteiger partial charge in [0.25, 0.3) is 0 Å². The molecule has 0 radical (unpaired) electrons. The van der Waals surface area contributed by atoms with Crippen LogP contribution >= 0.6 is 0 Å². The molecule has 0 aliphatic rings. The van der Waals surface area contributed by atoms with Crippen molar-refractivity contribution in [3.05, 3.63) is 53.1 Å². The first-order chi connectivity index (χ1) is 12.1. The summed E-state index contributed by atoms with van der Waals surface area (Å²) in [5.74, 6) is 2.73. The van der Waals surface area contributed by atoms with E-state index in [0.717, 1.165) is 34.8 Å². The van der Waals surface area contributed by atoms with Gasteiger partial charge in [0.1, 0.15) is 5.75 Å². The first-order valence-corrected chi connectivity index (χ1v) is 8.86. The van der Waals surface area contributed by atoms with E-state index in [1.54, 1.807) is 7.11 Å². The van der Waals surface area contributed by atoms with Gasteiger partial charge in [-0.05, 0) is 62.6 Å². The smallest absolute Gasteiger partial charge is 0.164 e. The number of nitrogens with two attached hydrogens (primary N) is 1. The highest BCUT2D eigenvalue weighted by Crippen LogP contribution is 2.35. The molecule has 4 heteroatoms. The Morgan fingerprint density at radius 1 is 1.00 bits per heavy atom. The Labute approximate surface area is 150 Å². The third kappa shape index (κ3) is 4.67. The van der Waals surface area contributed by atoms with Gasteiger partial charge in [0.05, 0.1) is 20.3 Å². The number of hydrogen-bond donors (Lipinski definition) is 1. The average Bonchev–Trinajstić information content (AvgIpc) is 2.62. The highest BCUT2D eigenvalue weighted by atomic mass is 16.5. The van der Waals surface area contributed by atoms with Gasteiger partial charge in [-0.1, -0.05) is 24.3 Å². The molecule has 1 unspecified atom stereocenters. The average molecular weight is 343 g/mol. The molecule has 1 atom stereocenters. The second-order valence-corrected chi connectivity index (χ2v) is 5.98. The Kier molecular flexibility index (Phi) is 7.14. The maximum absolute atomic E-state index is 6.09. The van der Waals surface area contributed by atoms with Crippen molar-refractivity contribution in [3.8, 4) is 17.2 Å².